The summed E-state index contributed by atoms with van der Waals surface area (Å²) in [4.78, 5) is 16.6. The Labute approximate surface area is 203 Å². The number of hydrogen-bond acceptors (Lipinski definition) is 2. The molecule has 2 atom stereocenters. The van der Waals surface area contributed by atoms with Crippen LogP contribution in [-0.4, -0.2) is 42.0 Å². The van der Waals surface area contributed by atoms with E-state index in [0.717, 1.165) is 0 Å². The van der Waals surface area contributed by atoms with Crippen molar-refractivity contribution in [3.8, 4) is 0 Å². The molecule has 4 rings (SSSR count). The monoisotopic (exact) mass is 515 g/mol. The molecule has 0 radical (unpaired) electrons. The summed E-state index contributed by atoms with van der Waals surface area (Å²) in [5, 5.41) is 3.18. The third-order valence-corrected chi connectivity index (χ3v) is 6.52. The van der Waals surface area contributed by atoms with Crippen LogP contribution in [0.5, 0.6) is 0 Å². The number of urea groups is 1. The van der Waals surface area contributed by atoms with E-state index in [4.69, 9.17) is 0 Å². The van der Waals surface area contributed by atoms with Crippen molar-refractivity contribution in [1.82, 2.24) is 15.1 Å². The molecular weight excluding hydrogens is 491 g/mol. The van der Waals surface area contributed by atoms with Crippen molar-refractivity contribution < 1.29 is 35.5 Å². The molecule has 2 aromatic carbocycles. The standard InChI is InChI=1S/C25H24F7N3O/c1-15-10-19(26)5-6-20(15)22-14-33-7-9-35(22)23(36)34-8-3-2-4-21(34)16-11-17(24(27,28)29)13-18(12-16)25(30,31)32/h2-3,5-6,10-13,21-22,33H,4,7-9,14H2,1H3. The van der Waals surface area contributed by atoms with Crippen LogP contribution in [0.25, 0.3) is 0 Å². The molecule has 0 aliphatic carbocycles. The van der Waals surface area contributed by atoms with Gasteiger partial charge in [0.25, 0.3) is 0 Å². The number of amides is 2. The van der Waals surface area contributed by atoms with Gasteiger partial charge in [-0.15, -0.1) is 0 Å². The normalized spacial score (nSPS) is 21.1. The van der Waals surface area contributed by atoms with Crippen LogP contribution in [0.3, 0.4) is 0 Å². The van der Waals surface area contributed by atoms with Crippen LogP contribution in [0, 0.1) is 12.7 Å². The summed E-state index contributed by atoms with van der Waals surface area (Å²) in [6.45, 7) is 2.83. The van der Waals surface area contributed by atoms with E-state index >= 15 is 0 Å². The van der Waals surface area contributed by atoms with E-state index in [-0.39, 0.29) is 31.1 Å². The van der Waals surface area contributed by atoms with Crippen molar-refractivity contribution in [3.63, 3.8) is 0 Å². The zero-order valence-corrected chi connectivity index (χ0v) is 19.3. The van der Waals surface area contributed by atoms with Gasteiger partial charge in [-0.2, -0.15) is 26.3 Å². The molecule has 0 aromatic heterocycles. The van der Waals surface area contributed by atoms with Crippen molar-refractivity contribution in [2.24, 2.45) is 0 Å². The molecule has 2 amide bonds. The molecule has 0 spiro atoms. The van der Waals surface area contributed by atoms with E-state index < -0.39 is 47.4 Å². The van der Waals surface area contributed by atoms with Gasteiger partial charge in [0.2, 0.25) is 0 Å². The largest absolute Gasteiger partial charge is 0.416 e. The number of hydrogen-bond donors (Lipinski definition) is 1. The lowest BCUT2D eigenvalue weighted by atomic mass is 9.94. The lowest BCUT2D eigenvalue weighted by molar-refractivity contribution is -0.143. The molecule has 4 nitrogen and oxygen atoms in total. The van der Waals surface area contributed by atoms with Crippen LogP contribution in [0.1, 0.15) is 46.3 Å². The average Bonchev–Trinajstić information content (AvgIpc) is 2.82. The molecule has 0 bridgehead atoms. The fraction of sp³-hybridized carbons (Fsp3) is 0.400. The molecule has 194 valence electrons. The predicted octanol–water partition coefficient (Wildman–Crippen LogP) is 6.24. The fourth-order valence-corrected chi connectivity index (χ4v) is 4.76. The molecular formula is C25H24F7N3O. The number of carbonyl (C=O) groups is 1. The Morgan fingerprint density at radius 2 is 1.58 bits per heavy atom. The maximum atomic E-state index is 13.7. The summed E-state index contributed by atoms with van der Waals surface area (Å²) >= 11 is 0. The van der Waals surface area contributed by atoms with E-state index in [1.165, 1.54) is 17.0 Å². The number of piperazine rings is 1. The summed E-state index contributed by atoms with van der Waals surface area (Å²) < 4.78 is 94.4. The van der Waals surface area contributed by atoms with E-state index in [1.54, 1.807) is 30.0 Å². The first-order chi connectivity index (χ1) is 16.9. The number of rotatable bonds is 2. The summed E-state index contributed by atoms with van der Waals surface area (Å²) in [5.74, 6) is -0.427. The fourth-order valence-electron chi connectivity index (χ4n) is 4.76. The van der Waals surface area contributed by atoms with E-state index in [2.05, 4.69) is 5.32 Å². The molecule has 11 heteroatoms. The highest BCUT2D eigenvalue weighted by atomic mass is 19.4. The third kappa shape index (κ3) is 5.35. The second kappa shape index (κ2) is 9.76. The van der Waals surface area contributed by atoms with Gasteiger partial charge in [-0.05, 0) is 60.4 Å². The van der Waals surface area contributed by atoms with Crippen LogP contribution in [0.15, 0.2) is 48.6 Å². The van der Waals surface area contributed by atoms with Crippen molar-refractivity contribution in [2.75, 3.05) is 26.2 Å². The zero-order valence-electron chi connectivity index (χ0n) is 19.3. The van der Waals surface area contributed by atoms with Gasteiger partial charge in [0.05, 0.1) is 23.2 Å². The first-order valence-corrected chi connectivity index (χ1v) is 11.3. The number of carbonyl (C=O) groups excluding carboxylic acids is 1. The number of alkyl halides is 6. The Hall–Kier alpha value is -3.08. The maximum absolute atomic E-state index is 13.7. The van der Waals surface area contributed by atoms with Crippen LogP contribution in [-0.2, 0) is 12.4 Å². The highest BCUT2D eigenvalue weighted by Gasteiger charge is 2.40. The Morgan fingerprint density at radius 1 is 0.917 bits per heavy atom. The quantitative estimate of drug-likeness (QED) is 0.380. The molecule has 2 aliphatic rings. The number of aryl methyl sites for hydroxylation is 1. The molecule has 2 aliphatic heterocycles. The SMILES string of the molecule is Cc1cc(F)ccc1C1CNCCN1C(=O)N1CC=CCC1c1cc(C(F)(F)F)cc(C(F)(F)F)c1. The summed E-state index contributed by atoms with van der Waals surface area (Å²) in [6, 6.07) is 3.65. The van der Waals surface area contributed by atoms with Gasteiger partial charge < -0.3 is 15.1 Å². The minimum absolute atomic E-state index is 0.0279. The third-order valence-electron chi connectivity index (χ3n) is 6.52. The zero-order chi connectivity index (χ0) is 26.3. The number of halogens is 7. The Bertz CT molecular complexity index is 1130. The number of nitrogens with zero attached hydrogens (tertiary/aromatic N) is 2. The molecule has 0 saturated carbocycles. The van der Waals surface area contributed by atoms with Crippen LogP contribution < -0.4 is 5.32 Å². The Balaban J connectivity index is 1.72. The first kappa shape index (κ1) is 26.0. The lowest BCUT2D eigenvalue weighted by Gasteiger charge is -2.43. The average molecular weight is 515 g/mol. The molecule has 1 N–H and O–H groups in total. The molecule has 2 unspecified atom stereocenters. The van der Waals surface area contributed by atoms with Crippen LogP contribution in [0.2, 0.25) is 0 Å². The molecule has 2 heterocycles. The molecule has 1 saturated heterocycles. The van der Waals surface area contributed by atoms with Crippen molar-refractivity contribution in [3.05, 3.63) is 82.2 Å². The minimum Gasteiger partial charge on any atom is -0.315 e. The summed E-state index contributed by atoms with van der Waals surface area (Å²) in [6.07, 6.45) is -6.61. The predicted molar refractivity (Wildman–Crippen MR) is 118 cm³/mol. The molecule has 36 heavy (non-hydrogen) atoms. The van der Waals surface area contributed by atoms with Gasteiger partial charge in [-0.25, -0.2) is 9.18 Å². The summed E-state index contributed by atoms with van der Waals surface area (Å²) in [5.41, 5.74) is -1.74. The van der Waals surface area contributed by atoms with Crippen molar-refractivity contribution >= 4 is 6.03 Å². The van der Waals surface area contributed by atoms with Gasteiger partial charge >= 0.3 is 18.4 Å². The Morgan fingerprint density at radius 3 is 2.19 bits per heavy atom. The first-order valence-electron chi connectivity index (χ1n) is 11.3. The Kier molecular flexibility index (Phi) is 7.05. The number of nitrogens with one attached hydrogen (secondary N) is 1. The van der Waals surface area contributed by atoms with Crippen LogP contribution >= 0.6 is 0 Å². The van der Waals surface area contributed by atoms with Crippen LogP contribution in [0.4, 0.5) is 35.5 Å². The van der Waals surface area contributed by atoms with Crippen molar-refractivity contribution in [1.29, 1.82) is 0 Å². The second-order valence-electron chi connectivity index (χ2n) is 8.91. The topological polar surface area (TPSA) is 35.6 Å². The summed E-state index contributed by atoms with van der Waals surface area (Å²) in [7, 11) is 0. The maximum Gasteiger partial charge on any atom is 0.416 e. The van der Waals surface area contributed by atoms with Gasteiger partial charge in [0, 0.05) is 26.2 Å². The van der Waals surface area contributed by atoms with Gasteiger partial charge in [-0.1, -0.05) is 18.2 Å². The van der Waals surface area contributed by atoms with Crippen molar-refractivity contribution in [2.45, 2.75) is 37.8 Å². The highest BCUT2D eigenvalue weighted by molar-refractivity contribution is 5.76. The second-order valence-corrected chi connectivity index (χ2v) is 8.91. The smallest absolute Gasteiger partial charge is 0.315 e. The van der Waals surface area contributed by atoms with E-state index in [0.29, 0.717) is 36.3 Å². The van der Waals surface area contributed by atoms with Gasteiger partial charge in [0.15, 0.2) is 0 Å². The van der Waals surface area contributed by atoms with Gasteiger partial charge in [-0.3, -0.25) is 0 Å². The number of benzene rings is 2. The molecule has 1 fully saturated rings. The highest BCUT2D eigenvalue weighted by Crippen LogP contribution is 2.40. The lowest BCUT2D eigenvalue weighted by Crippen LogP contribution is -2.54. The van der Waals surface area contributed by atoms with Gasteiger partial charge in [0.1, 0.15) is 5.82 Å². The molecule has 2 aromatic rings. The minimum atomic E-state index is -4.99. The van der Waals surface area contributed by atoms with E-state index in [9.17, 15) is 35.5 Å². The van der Waals surface area contributed by atoms with E-state index in [1.807, 2.05) is 0 Å².